The Balaban J connectivity index is 1.54. The summed E-state index contributed by atoms with van der Waals surface area (Å²) in [6, 6.07) is 11.5. The third-order valence-corrected chi connectivity index (χ3v) is 7.27. The predicted molar refractivity (Wildman–Crippen MR) is 133 cm³/mol. The van der Waals surface area contributed by atoms with E-state index in [2.05, 4.69) is 9.97 Å². The maximum Gasteiger partial charge on any atom is 0.266 e. The number of thiazole rings is 1. The Morgan fingerprint density at radius 2 is 1.89 bits per heavy atom. The van der Waals surface area contributed by atoms with Crippen molar-refractivity contribution in [2.45, 2.75) is 19.0 Å². The molecule has 0 spiro atoms. The highest BCUT2D eigenvalue weighted by Crippen LogP contribution is 2.27. The number of nitrogens with zero attached hydrogens (tertiary/aromatic N) is 4. The zero-order chi connectivity index (χ0) is 24.7. The standard InChI is InChI=1S/C25H18F2N4O2S2/c1-14-11-18(15(2)30(14)24-28-9-10-34-24)22(32)13-35-25-29-20-6-4-3-5-17(20)23(33)31(25)21-8-7-16(26)12-19(21)27/h3-12H,13H2,1-2H3. The summed E-state index contributed by atoms with van der Waals surface area (Å²) in [7, 11) is 0. The molecule has 0 aliphatic rings. The van der Waals surface area contributed by atoms with Crippen LogP contribution in [0.1, 0.15) is 21.7 Å². The average molecular weight is 509 g/mol. The fourth-order valence-corrected chi connectivity index (χ4v) is 5.60. The molecule has 0 fully saturated rings. The van der Waals surface area contributed by atoms with Crippen LogP contribution in [0.5, 0.6) is 0 Å². The van der Waals surface area contributed by atoms with Gasteiger partial charge in [0, 0.05) is 34.6 Å². The Hall–Kier alpha value is -3.63. The number of para-hydroxylation sites is 1. The number of Topliss-reactive ketones (excluding diaryl/α,β-unsaturated/α-hetero) is 1. The maximum absolute atomic E-state index is 14.7. The van der Waals surface area contributed by atoms with Crippen LogP contribution in [0, 0.1) is 25.5 Å². The van der Waals surface area contributed by atoms with E-state index in [1.165, 1.54) is 17.4 Å². The molecule has 0 saturated carbocycles. The van der Waals surface area contributed by atoms with Crippen LogP contribution < -0.4 is 5.56 Å². The Bertz CT molecular complexity index is 1640. The normalized spacial score (nSPS) is 11.3. The maximum atomic E-state index is 14.7. The number of aromatic nitrogens is 4. The number of ketones is 1. The molecule has 6 nitrogen and oxygen atoms in total. The van der Waals surface area contributed by atoms with Crippen molar-refractivity contribution in [3.63, 3.8) is 0 Å². The van der Waals surface area contributed by atoms with Crippen LogP contribution in [-0.2, 0) is 0 Å². The lowest BCUT2D eigenvalue weighted by Gasteiger charge is -2.14. The average Bonchev–Trinajstić information content (AvgIpc) is 3.46. The monoisotopic (exact) mass is 508 g/mol. The third kappa shape index (κ3) is 4.19. The number of carbonyl (C=O) groups excluding carboxylic acids is 1. The number of hydrogen-bond acceptors (Lipinski definition) is 6. The molecule has 0 N–H and O–H groups in total. The molecule has 10 heteroatoms. The van der Waals surface area contributed by atoms with E-state index in [-0.39, 0.29) is 22.4 Å². The quantitative estimate of drug-likeness (QED) is 0.172. The first kappa shape index (κ1) is 23.1. The lowest BCUT2D eigenvalue weighted by atomic mass is 10.2. The predicted octanol–water partition coefficient (Wildman–Crippen LogP) is 5.50. The van der Waals surface area contributed by atoms with E-state index >= 15 is 0 Å². The topological polar surface area (TPSA) is 69.8 Å². The molecule has 0 unspecified atom stereocenters. The first-order valence-corrected chi connectivity index (χ1v) is 12.4. The van der Waals surface area contributed by atoms with Crippen molar-refractivity contribution in [1.29, 1.82) is 0 Å². The molecule has 176 valence electrons. The molecule has 35 heavy (non-hydrogen) atoms. The number of thioether (sulfide) groups is 1. The van der Waals surface area contributed by atoms with Gasteiger partial charge < -0.3 is 0 Å². The summed E-state index contributed by atoms with van der Waals surface area (Å²) in [6.45, 7) is 3.75. The van der Waals surface area contributed by atoms with Crippen molar-refractivity contribution in [3.8, 4) is 10.8 Å². The number of benzene rings is 2. The van der Waals surface area contributed by atoms with Crippen LogP contribution in [0.3, 0.4) is 0 Å². The van der Waals surface area contributed by atoms with Gasteiger partial charge in [-0.15, -0.1) is 11.3 Å². The van der Waals surface area contributed by atoms with E-state index in [0.29, 0.717) is 22.5 Å². The van der Waals surface area contributed by atoms with Crippen LogP contribution in [0.2, 0.25) is 0 Å². The molecule has 2 aromatic carbocycles. The Labute approximate surface area is 206 Å². The zero-order valence-corrected chi connectivity index (χ0v) is 20.3. The van der Waals surface area contributed by atoms with Gasteiger partial charge in [-0.25, -0.2) is 18.7 Å². The van der Waals surface area contributed by atoms with Crippen molar-refractivity contribution >= 4 is 39.8 Å². The molecule has 0 radical (unpaired) electrons. The van der Waals surface area contributed by atoms with Crippen LogP contribution in [0.4, 0.5) is 8.78 Å². The zero-order valence-electron chi connectivity index (χ0n) is 18.7. The minimum atomic E-state index is -0.899. The van der Waals surface area contributed by atoms with Gasteiger partial charge in [-0.1, -0.05) is 23.9 Å². The molecule has 3 heterocycles. The molecule has 0 saturated heterocycles. The summed E-state index contributed by atoms with van der Waals surface area (Å²) in [4.78, 5) is 35.3. The summed E-state index contributed by atoms with van der Waals surface area (Å²) < 4.78 is 31.2. The van der Waals surface area contributed by atoms with Crippen molar-refractivity contribution < 1.29 is 13.6 Å². The molecule has 0 aliphatic carbocycles. The Morgan fingerprint density at radius 1 is 1.09 bits per heavy atom. The van der Waals surface area contributed by atoms with E-state index in [1.807, 2.05) is 23.8 Å². The molecule has 0 amide bonds. The number of halogens is 2. The van der Waals surface area contributed by atoms with Crippen molar-refractivity contribution in [2.24, 2.45) is 0 Å². The molecule has 5 aromatic rings. The van der Waals surface area contributed by atoms with Gasteiger partial charge in [0.2, 0.25) is 0 Å². The lowest BCUT2D eigenvalue weighted by molar-refractivity contribution is 0.102. The number of rotatable bonds is 6. The minimum absolute atomic E-state index is 0.0320. The second-order valence-electron chi connectivity index (χ2n) is 7.79. The van der Waals surface area contributed by atoms with E-state index < -0.39 is 17.2 Å². The van der Waals surface area contributed by atoms with E-state index in [9.17, 15) is 18.4 Å². The lowest BCUT2D eigenvalue weighted by Crippen LogP contribution is -2.23. The summed E-state index contributed by atoms with van der Waals surface area (Å²) in [5.74, 6) is -1.85. The molecular weight excluding hydrogens is 490 g/mol. The van der Waals surface area contributed by atoms with Crippen LogP contribution in [-0.4, -0.2) is 30.6 Å². The SMILES string of the molecule is Cc1cc(C(=O)CSc2nc3ccccc3c(=O)n2-c2ccc(F)cc2F)c(C)n1-c1nccs1. The summed E-state index contributed by atoms with van der Waals surface area (Å²) in [5, 5.41) is 3.06. The summed E-state index contributed by atoms with van der Waals surface area (Å²) in [5.41, 5.74) is 1.96. The molecule has 0 atom stereocenters. The smallest absolute Gasteiger partial charge is 0.266 e. The highest BCUT2D eigenvalue weighted by Gasteiger charge is 2.21. The highest BCUT2D eigenvalue weighted by molar-refractivity contribution is 7.99. The van der Waals surface area contributed by atoms with Gasteiger partial charge in [-0.05, 0) is 44.2 Å². The highest BCUT2D eigenvalue weighted by atomic mass is 32.2. The van der Waals surface area contributed by atoms with Gasteiger partial charge >= 0.3 is 0 Å². The summed E-state index contributed by atoms with van der Waals surface area (Å²) >= 11 is 2.50. The van der Waals surface area contributed by atoms with Gasteiger partial charge in [-0.2, -0.15) is 0 Å². The minimum Gasteiger partial charge on any atom is -0.294 e. The van der Waals surface area contributed by atoms with Crippen LogP contribution >= 0.6 is 23.1 Å². The van der Waals surface area contributed by atoms with Crippen LogP contribution in [0.15, 0.2) is 70.1 Å². The number of fused-ring (bicyclic) bond motifs is 1. The molecular formula is C25H18F2N4O2S2. The first-order chi connectivity index (χ1) is 16.8. The first-order valence-electron chi connectivity index (χ1n) is 10.6. The number of aryl methyl sites for hydroxylation is 1. The Morgan fingerprint density at radius 3 is 2.63 bits per heavy atom. The molecule has 0 aliphatic heterocycles. The second-order valence-corrected chi connectivity index (χ2v) is 9.61. The van der Waals surface area contributed by atoms with E-state index in [0.717, 1.165) is 38.9 Å². The van der Waals surface area contributed by atoms with Gasteiger partial charge in [-0.3, -0.25) is 18.7 Å². The summed E-state index contributed by atoms with van der Waals surface area (Å²) in [6.07, 6.45) is 1.70. The Kier molecular flexibility index (Phi) is 6.08. The second kappa shape index (κ2) is 9.20. The third-order valence-electron chi connectivity index (χ3n) is 5.57. The van der Waals surface area contributed by atoms with Gasteiger partial charge in [0.05, 0.1) is 22.3 Å². The number of hydrogen-bond donors (Lipinski definition) is 0. The van der Waals surface area contributed by atoms with E-state index in [1.54, 1.807) is 36.5 Å². The van der Waals surface area contributed by atoms with Gasteiger partial charge in [0.25, 0.3) is 5.56 Å². The largest absolute Gasteiger partial charge is 0.294 e. The fourth-order valence-electron chi connectivity index (χ4n) is 3.96. The van der Waals surface area contributed by atoms with Crippen LogP contribution in [0.25, 0.3) is 21.7 Å². The molecule has 5 rings (SSSR count). The van der Waals surface area contributed by atoms with Gasteiger partial charge in [0.1, 0.15) is 11.6 Å². The van der Waals surface area contributed by atoms with Crippen molar-refractivity contribution in [1.82, 2.24) is 19.1 Å². The fraction of sp³-hybridized carbons (Fsp3) is 0.120. The molecule has 0 bridgehead atoms. The molecule has 3 aromatic heterocycles. The van der Waals surface area contributed by atoms with E-state index in [4.69, 9.17) is 0 Å². The van der Waals surface area contributed by atoms with Gasteiger partial charge in [0.15, 0.2) is 16.1 Å². The van der Waals surface area contributed by atoms with Crippen molar-refractivity contribution in [3.05, 3.63) is 99.0 Å². The number of carbonyl (C=O) groups is 1. The van der Waals surface area contributed by atoms with Crippen molar-refractivity contribution in [2.75, 3.05) is 5.75 Å².